The minimum absolute atomic E-state index is 0.499. The summed E-state index contributed by atoms with van der Waals surface area (Å²) in [6.45, 7) is 6.26. The van der Waals surface area contributed by atoms with Gasteiger partial charge < -0.3 is 10.2 Å². The van der Waals surface area contributed by atoms with Crippen molar-refractivity contribution in [1.82, 2.24) is 10.2 Å². The molecule has 16 heavy (non-hydrogen) atoms. The van der Waals surface area contributed by atoms with E-state index in [4.69, 9.17) is 0 Å². The zero-order chi connectivity index (χ0) is 11.4. The van der Waals surface area contributed by atoms with E-state index in [0.29, 0.717) is 5.54 Å². The van der Waals surface area contributed by atoms with Crippen LogP contribution in [0.5, 0.6) is 0 Å². The molecule has 2 rings (SSSR count). The minimum Gasteiger partial charge on any atom is -0.311 e. The summed E-state index contributed by atoms with van der Waals surface area (Å²) in [5.74, 6) is 0.970. The molecule has 2 atom stereocenters. The quantitative estimate of drug-likeness (QED) is 0.790. The molecule has 0 aromatic rings. The van der Waals surface area contributed by atoms with Crippen LogP contribution in [0.1, 0.15) is 51.9 Å². The van der Waals surface area contributed by atoms with Crippen molar-refractivity contribution < 1.29 is 0 Å². The second kappa shape index (κ2) is 5.50. The van der Waals surface area contributed by atoms with E-state index in [9.17, 15) is 0 Å². The Kier molecular flexibility index (Phi) is 4.26. The van der Waals surface area contributed by atoms with Crippen LogP contribution < -0.4 is 5.32 Å². The van der Waals surface area contributed by atoms with Gasteiger partial charge in [0.1, 0.15) is 0 Å². The van der Waals surface area contributed by atoms with Crippen LogP contribution in [0.25, 0.3) is 0 Å². The van der Waals surface area contributed by atoms with Crippen LogP contribution in [0, 0.1) is 5.92 Å². The molecular formula is C14H28N2. The molecule has 1 N–H and O–H groups in total. The molecule has 2 saturated heterocycles. The van der Waals surface area contributed by atoms with Gasteiger partial charge in [-0.05, 0) is 64.6 Å². The van der Waals surface area contributed by atoms with E-state index in [-0.39, 0.29) is 0 Å². The maximum atomic E-state index is 3.80. The number of rotatable bonds is 4. The van der Waals surface area contributed by atoms with Crippen molar-refractivity contribution in [3.8, 4) is 0 Å². The predicted molar refractivity (Wildman–Crippen MR) is 69.7 cm³/mol. The zero-order valence-corrected chi connectivity index (χ0v) is 11.1. The molecule has 0 spiro atoms. The maximum Gasteiger partial charge on any atom is 0.0179 e. The van der Waals surface area contributed by atoms with Crippen molar-refractivity contribution in [1.29, 1.82) is 0 Å². The number of likely N-dealkylation sites (tertiary alicyclic amines) is 1. The van der Waals surface area contributed by atoms with Gasteiger partial charge in [-0.25, -0.2) is 0 Å². The van der Waals surface area contributed by atoms with Crippen LogP contribution in [0.15, 0.2) is 0 Å². The van der Waals surface area contributed by atoms with Gasteiger partial charge in [-0.2, -0.15) is 0 Å². The monoisotopic (exact) mass is 224 g/mol. The van der Waals surface area contributed by atoms with Gasteiger partial charge in [0, 0.05) is 12.1 Å². The molecule has 2 heteroatoms. The van der Waals surface area contributed by atoms with E-state index in [2.05, 4.69) is 24.2 Å². The zero-order valence-electron chi connectivity index (χ0n) is 11.1. The SMILES string of the molecule is CCC1(CCC2CCN(C)C2)CCCCN1. The van der Waals surface area contributed by atoms with Crippen molar-refractivity contribution in [3.05, 3.63) is 0 Å². The summed E-state index contributed by atoms with van der Waals surface area (Å²) in [6, 6.07) is 0. The lowest BCUT2D eigenvalue weighted by Crippen LogP contribution is -2.48. The maximum absolute atomic E-state index is 3.80. The molecule has 0 aromatic carbocycles. The van der Waals surface area contributed by atoms with E-state index in [1.54, 1.807) is 0 Å². The van der Waals surface area contributed by atoms with Crippen molar-refractivity contribution in [2.24, 2.45) is 5.92 Å². The smallest absolute Gasteiger partial charge is 0.0179 e. The van der Waals surface area contributed by atoms with Gasteiger partial charge in [-0.1, -0.05) is 13.3 Å². The normalized spacial score (nSPS) is 36.8. The number of hydrogen-bond acceptors (Lipinski definition) is 2. The van der Waals surface area contributed by atoms with Crippen LogP contribution >= 0.6 is 0 Å². The number of hydrogen-bond donors (Lipinski definition) is 1. The molecule has 0 aliphatic carbocycles. The summed E-state index contributed by atoms with van der Waals surface area (Å²) in [5, 5.41) is 3.80. The highest BCUT2D eigenvalue weighted by Crippen LogP contribution is 2.31. The number of nitrogens with one attached hydrogen (secondary N) is 1. The first-order valence-electron chi connectivity index (χ1n) is 7.18. The largest absolute Gasteiger partial charge is 0.311 e. The molecule has 0 radical (unpaired) electrons. The van der Waals surface area contributed by atoms with Crippen molar-refractivity contribution in [2.75, 3.05) is 26.7 Å². The fourth-order valence-corrected chi connectivity index (χ4v) is 3.46. The van der Waals surface area contributed by atoms with Crippen molar-refractivity contribution >= 4 is 0 Å². The van der Waals surface area contributed by atoms with Gasteiger partial charge in [0.15, 0.2) is 0 Å². The highest BCUT2D eigenvalue weighted by molar-refractivity contribution is 4.90. The van der Waals surface area contributed by atoms with E-state index in [1.807, 2.05) is 0 Å². The Hall–Kier alpha value is -0.0800. The summed E-state index contributed by atoms with van der Waals surface area (Å²) in [7, 11) is 2.26. The fourth-order valence-electron chi connectivity index (χ4n) is 3.46. The van der Waals surface area contributed by atoms with Gasteiger partial charge in [0.05, 0.1) is 0 Å². The summed E-state index contributed by atoms with van der Waals surface area (Å²) in [4.78, 5) is 2.48. The topological polar surface area (TPSA) is 15.3 Å². The Labute approximate surface area is 101 Å². The van der Waals surface area contributed by atoms with Crippen LogP contribution in [-0.4, -0.2) is 37.1 Å². The third kappa shape index (κ3) is 2.98. The second-order valence-electron chi connectivity index (χ2n) is 5.97. The van der Waals surface area contributed by atoms with Crippen LogP contribution in [-0.2, 0) is 0 Å². The third-order valence-electron chi connectivity index (χ3n) is 4.78. The molecule has 2 aliphatic rings. The summed E-state index contributed by atoms with van der Waals surface area (Å²) < 4.78 is 0. The van der Waals surface area contributed by atoms with Crippen LogP contribution in [0.3, 0.4) is 0 Å². The summed E-state index contributed by atoms with van der Waals surface area (Å²) in [5.41, 5.74) is 0.499. The number of piperidine rings is 1. The van der Waals surface area contributed by atoms with Crippen molar-refractivity contribution in [2.45, 2.75) is 57.4 Å². The fraction of sp³-hybridized carbons (Fsp3) is 1.00. The van der Waals surface area contributed by atoms with E-state index >= 15 is 0 Å². The first-order valence-corrected chi connectivity index (χ1v) is 7.18. The lowest BCUT2D eigenvalue weighted by molar-refractivity contribution is 0.211. The molecule has 0 bridgehead atoms. The van der Waals surface area contributed by atoms with Gasteiger partial charge in [-0.3, -0.25) is 0 Å². The molecular weight excluding hydrogens is 196 g/mol. The number of nitrogens with zero attached hydrogens (tertiary/aromatic N) is 1. The Bertz CT molecular complexity index is 209. The second-order valence-corrected chi connectivity index (χ2v) is 5.97. The summed E-state index contributed by atoms with van der Waals surface area (Å²) >= 11 is 0. The molecule has 2 heterocycles. The first-order chi connectivity index (χ1) is 7.74. The van der Waals surface area contributed by atoms with Gasteiger partial charge in [0.2, 0.25) is 0 Å². The Morgan fingerprint density at radius 1 is 1.38 bits per heavy atom. The van der Waals surface area contributed by atoms with E-state index < -0.39 is 0 Å². The van der Waals surface area contributed by atoms with Crippen molar-refractivity contribution in [3.63, 3.8) is 0 Å². The van der Waals surface area contributed by atoms with E-state index in [0.717, 1.165) is 5.92 Å². The average Bonchev–Trinajstić information content (AvgIpc) is 2.74. The van der Waals surface area contributed by atoms with E-state index in [1.165, 1.54) is 64.6 Å². The molecule has 2 fully saturated rings. The average molecular weight is 224 g/mol. The highest BCUT2D eigenvalue weighted by atomic mass is 15.1. The molecule has 0 amide bonds. The Balaban J connectivity index is 1.78. The van der Waals surface area contributed by atoms with Gasteiger partial charge >= 0.3 is 0 Å². The molecule has 2 unspecified atom stereocenters. The highest BCUT2D eigenvalue weighted by Gasteiger charge is 2.31. The lowest BCUT2D eigenvalue weighted by atomic mass is 9.80. The Morgan fingerprint density at radius 3 is 2.81 bits per heavy atom. The van der Waals surface area contributed by atoms with Crippen LogP contribution in [0.4, 0.5) is 0 Å². The predicted octanol–water partition coefficient (Wildman–Crippen LogP) is 2.64. The molecule has 94 valence electrons. The minimum atomic E-state index is 0.499. The first kappa shape index (κ1) is 12.4. The summed E-state index contributed by atoms with van der Waals surface area (Å²) in [6.07, 6.45) is 9.81. The Morgan fingerprint density at radius 2 is 2.25 bits per heavy atom. The third-order valence-corrected chi connectivity index (χ3v) is 4.78. The van der Waals surface area contributed by atoms with Gasteiger partial charge in [-0.15, -0.1) is 0 Å². The molecule has 2 aliphatic heterocycles. The van der Waals surface area contributed by atoms with Gasteiger partial charge in [0.25, 0.3) is 0 Å². The standard InChI is InChI=1S/C14H28N2/c1-3-14(8-4-5-10-15-14)9-6-13-7-11-16(2)12-13/h13,15H,3-12H2,1-2H3. The molecule has 0 saturated carbocycles. The molecule has 2 nitrogen and oxygen atoms in total. The molecule has 0 aromatic heterocycles. The van der Waals surface area contributed by atoms with Crippen LogP contribution in [0.2, 0.25) is 0 Å². The lowest BCUT2D eigenvalue weighted by Gasteiger charge is -2.38.